The lowest BCUT2D eigenvalue weighted by atomic mass is 10.2. The third kappa shape index (κ3) is 4.65. The fraction of sp³-hybridized carbons (Fsp3) is 0.250. The molecule has 0 aromatic heterocycles. The van der Waals surface area contributed by atoms with Gasteiger partial charge in [0.25, 0.3) is 0 Å². The number of hydrogen-bond donors (Lipinski definition) is 1. The molecule has 7 heteroatoms. The number of amides is 1. The van der Waals surface area contributed by atoms with E-state index in [0.717, 1.165) is 5.56 Å². The largest absolute Gasteiger partial charge is 0.493 e. The van der Waals surface area contributed by atoms with Crippen molar-refractivity contribution >= 4 is 23.6 Å². The fourth-order valence-electron chi connectivity index (χ4n) is 2.64. The molecule has 1 N–H and O–H groups in total. The summed E-state index contributed by atoms with van der Waals surface area (Å²) in [6, 6.07) is 10.9. The maximum atomic E-state index is 12.1. The Bertz CT molecular complexity index is 852. The molecule has 3 rings (SSSR count). The molecular weight excluding hydrogens is 370 g/mol. The summed E-state index contributed by atoms with van der Waals surface area (Å²) in [6.07, 6.45) is 2.83. The lowest BCUT2D eigenvalue weighted by molar-refractivity contribution is -0.116. The normalized spacial score (nSPS) is 15.4. The molecule has 1 unspecified atom stereocenters. The zero-order valence-electron chi connectivity index (χ0n) is 15.0. The van der Waals surface area contributed by atoms with Gasteiger partial charge < -0.3 is 24.3 Å². The number of carbonyl (C=O) groups excluding carboxylic acids is 1. The van der Waals surface area contributed by atoms with Gasteiger partial charge in [-0.15, -0.1) is 0 Å². The van der Waals surface area contributed by atoms with Crippen molar-refractivity contribution in [2.75, 3.05) is 27.4 Å². The van der Waals surface area contributed by atoms with Gasteiger partial charge in [0.2, 0.25) is 5.91 Å². The molecule has 1 aliphatic rings. The van der Waals surface area contributed by atoms with Crippen LogP contribution in [0.3, 0.4) is 0 Å². The average molecular weight is 390 g/mol. The van der Waals surface area contributed by atoms with Crippen LogP contribution in [0, 0.1) is 0 Å². The average Bonchev–Trinajstić information content (AvgIpc) is 2.70. The number of rotatable bonds is 6. The third-order valence-electron chi connectivity index (χ3n) is 3.95. The molecule has 0 aliphatic carbocycles. The molecule has 142 valence electrons. The van der Waals surface area contributed by atoms with Crippen molar-refractivity contribution in [1.82, 2.24) is 5.32 Å². The number of para-hydroxylation sites is 2. The smallest absolute Gasteiger partial charge is 0.244 e. The Morgan fingerprint density at radius 1 is 1.26 bits per heavy atom. The van der Waals surface area contributed by atoms with Gasteiger partial charge in [0.1, 0.15) is 12.7 Å². The van der Waals surface area contributed by atoms with Crippen LogP contribution in [0.25, 0.3) is 6.08 Å². The first-order chi connectivity index (χ1) is 13.1. The molecule has 1 amide bonds. The SMILES string of the molecule is COc1cc(/C=C/C(=O)NCC2COc3ccccc3O2)cc(Cl)c1OC. The van der Waals surface area contributed by atoms with Crippen molar-refractivity contribution < 1.29 is 23.7 Å². The van der Waals surface area contributed by atoms with Crippen molar-refractivity contribution in [2.45, 2.75) is 6.10 Å². The lowest BCUT2D eigenvalue weighted by Gasteiger charge is -2.26. The number of nitrogens with one attached hydrogen (secondary N) is 1. The number of hydrogen-bond acceptors (Lipinski definition) is 5. The van der Waals surface area contributed by atoms with E-state index in [2.05, 4.69) is 5.32 Å². The first kappa shape index (κ1) is 18.9. The van der Waals surface area contributed by atoms with Crippen molar-refractivity contribution in [1.29, 1.82) is 0 Å². The van der Waals surface area contributed by atoms with E-state index in [1.807, 2.05) is 24.3 Å². The van der Waals surface area contributed by atoms with Gasteiger partial charge in [-0.3, -0.25) is 4.79 Å². The Morgan fingerprint density at radius 3 is 2.78 bits per heavy atom. The summed E-state index contributed by atoms with van der Waals surface area (Å²) in [5, 5.41) is 3.21. The van der Waals surface area contributed by atoms with Crippen molar-refractivity contribution in [3.63, 3.8) is 0 Å². The van der Waals surface area contributed by atoms with Gasteiger partial charge >= 0.3 is 0 Å². The second-order valence-electron chi connectivity index (χ2n) is 5.81. The van der Waals surface area contributed by atoms with Crippen LogP contribution in [0.1, 0.15) is 5.56 Å². The quantitative estimate of drug-likeness (QED) is 0.768. The highest BCUT2D eigenvalue weighted by Crippen LogP contribution is 2.36. The minimum absolute atomic E-state index is 0.243. The zero-order chi connectivity index (χ0) is 19.2. The Hall–Kier alpha value is -2.86. The van der Waals surface area contributed by atoms with Crippen LogP contribution < -0.4 is 24.3 Å². The molecule has 27 heavy (non-hydrogen) atoms. The fourth-order valence-corrected chi connectivity index (χ4v) is 2.94. The van der Waals surface area contributed by atoms with Gasteiger partial charge in [-0.1, -0.05) is 23.7 Å². The molecule has 0 fully saturated rings. The predicted molar refractivity (Wildman–Crippen MR) is 103 cm³/mol. The van der Waals surface area contributed by atoms with Gasteiger partial charge in [-0.05, 0) is 35.9 Å². The number of ether oxygens (including phenoxy) is 4. The first-order valence-corrected chi connectivity index (χ1v) is 8.74. The second kappa shape index (κ2) is 8.68. The van der Waals surface area contributed by atoms with Crippen LogP contribution in [-0.2, 0) is 4.79 Å². The highest BCUT2D eigenvalue weighted by molar-refractivity contribution is 6.32. The van der Waals surface area contributed by atoms with E-state index in [1.54, 1.807) is 18.2 Å². The summed E-state index contributed by atoms with van der Waals surface area (Å²) in [6.45, 7) is 0.719. The van der Waals surface area contributed by atoms with Gasteiger partial charge in [-0.25, -0.2) is 0 Å². The molecule has 0 spiro atoms. The van der Waals surface area contributed by atoms with E-state index >= 15 is 0 Å². The van der Waals surface area contributed by atoms with Gasteiger partial charge in [0.05, 0.1) is 25.8 Å². The third-order valence-corrected chi connectivity index (χ3v) is 4.24. The van der Waals surface area contributed by atoms with Gasteiger partial charge in [-0.2, -0.15) is 0 Å². The van der Waals surface area contributed by atoms with Crippen molar-refractivity contribution in [2.24, 2.45) is 0 Å². The number of halogens is 1. The molecule has 0 bridgehead atoms. The number of methoxy groups -OCH3 is 2. The number of carbonyl (C=O) groups is 1. The first-order valence-electron chi connectivity index (χ1n) is 8.36. The molecular formula is C20H20ClNO5. The van der Waals surface area contributed by atoms with Crippen LogP contribution >= 0.6 is 11.6 Å². The maximum Gasteiger partial charge on any atom is 0.244 e. The minimum atomic E-state index is -0.247. The molecule has 0 saturated heterocycles. The van der Waals surface area contributed by atoms with E-state index in [9.17, 15) is 4.79 Å². The summed E-state index contributed by atoms with van der Waals surface area (Å²) in [5.41, 5.74) is 0.721. The van der Waals surface area contributed by atoms with Crippen LogP contribution in [0.15, 0.2) is 42.5 Å². The highest BCUT2D eigenvalue weighted by Gasteiger charge is 2.20. The Balaban J connectivity index is 1.56. The molecule has 0 saturated carbocycles. The Labute approximate surface area is 162 Å². The summed E-state index contributed by atoms with van der Waals surface area (Å²) in [4.78, 5) is 12.1. The van der Waals surface area contributed by atoms with Gasteiger partial charge in [0, 0.05) is 6.08 Å². The van der Waals surface area contributed by atoms with Crippen LogP contribution in [0.4, 0.5) is 0 Å². The molecule has 1 aliphatic heterocycles. The summed E-state index contributed by atoms with van der Waals surface area (Å²) < 4.78 is 21.9. The topological polar surface area (TPSA) is 66.0 Å². The summed E-state index contributed by atoms with van der Waals surface area (Å²) >= 11 is 6.16. The molecule has 6 nitrogen and oxygen atoms in total. The monoisotopic (exact) mass is 389 g/mol. The van der Waals surface area contributed by atoms with E-state index in [4.69, 9.17) is 30.5 Å². The number of fused-ring (bicyclic) bond motifs is 1. The summed E-state index contributed by atoms with van der Waals surface area (Å²) in [5.74, 6) is 2.10. The van der Waals surface area contributed by atoms with Crippen molar-refractivity contribution in [3.05, 3.63) is 53.1 Å². The molecule has 1 heterocycles. The van der Waals surface area contributed by atoms with Crippen LogP contribution in [0.5, 0.6) is 23.0 Å². The lowest BCUT2D eigenvalue weighted by Crippen LogP contribution is -2.40. The predicted octanol–water partition coefficient (Wildman–Crippen LogP) is 3.33. The maximum absolute atomic E-state index is 12.1. The van der Waals surface area contributed by atoms with Gasteiger partial charge in [0.15, 0.2) is 23.0 Å². The summed E-state index contributed by atoms with van der Waals surface area (Å²) in [7, 11) is 3.04. The Kier molecular flexibility index (Phi) is 6.08. The second-order valence-corrected chi connectivity index (χ2v) is 6.22. The number of benzene rings is 2. The standard InChI is InChI=1S/C20H20ClNO5/c1-24-18-10-13(9-15(21)20(18)25-2)7-8-19(23)22-11-14-12-26-16-5-3-4-6-17(16)27-14/h3-10,14H,11-12H2,1-2H3,(H,22,23)/b8-7+. The van der Waals surface area contributed by atoms with Crippen molar-refractivity contribution in [3.8, 4) is 23.0 Å². The Morgan fingerprint density at radius 2 is 2.04 bits per heavy atom. The molecule has 1 atom stereocenters. The van der Waals surface area contributed by atoms with Crippen LogP contribution in [0.2, 0.25) is 5.02 Å². The molecule has 2 aromatic rings. The highest BCUT2D eigenvalue weighted by atomic mass is 35.5. The molecule has 2 aromatic carbocycles. The van der Waals surface area contributed by atoms with E-state index < -0.39 is 0 Å². The minimum Gasteiger partial charge on any atom is -0.493 e. The van der Waals surface area contributed by atoms with Crippen LogP contribution in [-0.4, -0.2) is 39.4 Å². The molecule has 0 radical (unpaired) electrons. The van der Waals surface area contributed by atoms with E-state index in [-0.39, 0.29) is 12.0 Å². The zero-order valence-corrected chi connectivity index (χ0v) is 15.8. The van der Waals surface area contributed by atoms with E-state index in [1.165, 1.54) is 20.3 Å². The van der Waals surface area contributed by atoms with E-state index in [0.29, 0.717) is 41.2 Å².